The molecule has 0 atom stereocenters. The molecule has 0 amide bonds. The van der Waals surface area contributed by atoms with Crippen LogP contribution in [0.2, 0.25) is 0 Å². The van der Waals surface area contributed by atoms with Crippen molar-refractivity contribution in [3.05, 3.63) is 41.6 Å². The molecule has 1 aromatic carbocycles. The lowest BCUT2D eigenvalue weighted by Crippen LogP contribution is -2.07. The summed E-state index contributed by atoms with van der Waals surface area (Å²) < 4.78 is 44.7. The lowest BCUT2D eigenvalue weighted by molar-refractivity contribution is -0.137. The van der Waals surface area contributed by atoms with Crippen molar-refractivity contribution < 1.29 is 22.7 Å². The summed E-state index contributed by atoms with van der Waals surface area (Å²) in [6.45, 7) is 4.09. The summed E-state index contributed by atoms with van der Waals surface area (Å²) in [4.78, 5) is 11.7. The van der Waals surface area contributed by atoms with E-state index in [0.29, 0.717) is 17.8 Å². The van der Waals surface area contributed by atoms with E-state index in [4.69, 9.17) is 4.74 Å². The van der Waals surface area contributed by atoms with E-state index in [1.54, 1.807) is 19.9 Å². The van der Waals surface area contributed by atoms with Crippen molar-refractivity contribution in [1.29, 1.82) is 0 Å². The first-order valence-electron chi connectivity index (χ1n) is 6.79. The molecule has 4 nitrogen and oxygen atoms in total. The third kappa shape index (κ3) is 3.29. The Balaban J connectivity index is 2.46. The summed E-state index contributed by atoms with van der Waals surface area (Å²) in [7, 11) is 0. The zero-order valence-electron chi connectivity index (χ0n) is 12.1. The van der Waals surface area contributed by atoms with Gasteiger partial charge in [-0.25, -0.2) is 4.79 Å². The Morgan fingerprint density at radius 2 is 2.00 bits per heavy atom. The number of nitrogens with zero attached hydrogens (tertiary/aromatic N) is 2. The van der Waals surface area contributed by atoms with E-state index in [0.717, 1.165) is 12.1 Å². The van der Waals surface area contributed by atoms with Crippen LogP contribution in [0, 0.1) is 0 Å². The van der Waals surface area contributed by atoms with Gasteiger partial charge in [0.2, 0.25) is 0 Å². The van der Waals surface area contributed by atoms with Gasteiger partial charge in [-0.05, 0) is 32.0 Å². The van der Waals surface area contributed by atoms with Crippen LogP contribution in [0.1, 0.15) is 29.9 Å². The van der Waals surface area contributed by atoms with Crippen LogP contribution in [0.5, 0.6) is 0 Å². The second kappa shape index (κ2) is 6.21. The molecule has 0 saturated carbocycles. The first-order chi connectivity index (χ1) is 10.4. The highest BCUT2D eigenvalue weighted by Gasteiger charge is 2.30. The smallest absolute Gasteiger partial charge is 0.416 e. The molecule has 0 bridgehead atoms. The maximum Gasteiger partial charge on any atom is 0.416 e. The molecule has 1 aromatic heterocycles. The number of esters is 1. The first kappa shape index (κ1) is 16.1. The quantitative estimate of drug-likeness (QED) is 0.807. The minimum Gasteiger partial charge on any atom is -0.461 e. The number of rotatable bonds is 4. The molecule has 1 heterocycles. The standard InChI is InChI=1S/C15H15F3N2O2/c1-3-20-13(9-12(19-20)14(21)22-4-2)10-6-5-7-11(8-10)15(16,17)18/h5-9H,3-4H2,1-2H3. The predicted molar refractivity (Wildman–Crippen MR) is 74.3 cm³/mol. The van der Waals surface area contributed by atoms with Gasteiger partial charge >= 0.3 is 12.1 Å². The molecule has 0 fully saturated rings. The molecule has 0 aliphatic rings. The van der Waals surface area contributed by atoms with Gasteiger partial charge in [0, 0.05) is 12.1 Å². The van der Waals surface area contributed by atoms with Crippen LogP contribution in [0.15, 0.2) is 30.3 Å². The van der Waals surface area contributed by atoms with Crippen molar-refractivity contribution >= 4 is 5.97 Å². The van der Waals surface area contributed by atoms with Crippen LogP contribution in [0.4, 0.5) is 13.2 Å². The number of benzene rings is 1. The van der Waals surface area contributed by atoms with Gasteiger partial charge in [-0.3, -0.25) is 4.68 Å². The van der Waals surface area contributed by atoms with Crippen molar-refractivity contribution in [3.8, 4) is 11.3 Å². The average molecular weight is 312 g/mol. The number of hydrogen-bond acceptors (Lipinski definition) is 3. The maximum absolute atomic E-state index is 12.8. The molecular weight excluding hydrogens is 297 g/mol. The molecule has 22 heavy (non-hydrogen) atoms. The summed E-state index contributed by atoms with van der Waals surface area (Å²) in [6, 6.07) is 6.36. The number of carbonyl (C=O) groups excluding carboxylic acids is 1. The Bertz CT molecular complexity index is 678. The van der Waals surface area contributed by atoms with Crippen molar-refractivity contribution in [1.82, 2.24) is 9.78 Å². The Labute approximate surface area is 125 Å². The van der Waals surface area contributed by atoms with Crippen molar-refractivity contribution in [2.45, 2.75) is 26.6 Å². The number of hydrogen-bond donors (Lipinski definition) is 0. The molecule has 118 valence electrons. The lowest BCUT2D eigenvalue weighted by Gasteiger charge is -2.09. The van der Waals surface area contributed by atoms with Crippen LogP contribution in [-0.2, 0) is 17.5 Å². The third-order valence-electron chi connectivity index (χ3n) is 3.05. The molecule has 0 saturated heterocycles. The number of alkyl halides is 3. The van der Waals surface area contributed by atoms with E-state index in [1.165, 1.54) is 16.8 Å². The van der Waals surface area contributed by atoms with Gasteiger partial charge < -0.3 is 4.74 Å². The molecular formula is C15H15F3N2O2. The Kier molecular flexibility index (Phi) is 4.54. The van der Waals surface area contributed by atoms with E-state index in [1.807, 2.05) is 0 Å². The molecule has 2 aromatic rings. The fourth-order valence-corrected chi connectivity index (χ4v) is 2.05. The lowest BCUT2D eigenvalue weighted by atomic mass is 10.1. The Morgan fingerprint density at radius 3 is 2.59 bits per heavy atom. The fourth-order valence-electron chi connectivity index (χ4n) is 2.05. The van der Waals surface area contributed by atoms with Gasteiger partial charge in [-0.2, -0.15) is 18.3 Å². The van der Waals surface area contributed by atoms with Crippen molar-refractivity contribution in [2.75, 3.05) is 6.61 Å². The topological polar surface area (TPSA) is 44.1 Å². The van der Waals surface area contributed by atoms with E-state index in [9.17, 15) is 18.0 Å². The van der Waals surface area contributed by atoms with Gasteiger partial charge in [0.05, 0.1) is 17.9 Å². The SMILES string of the molecule is CCOC(=O)c1cc(-c2cccc(C(F)(F)F)c2)n(CC)n1. The summed E-state index contributed by atoms with van der Waals surface area (Å²) in [5.41, 5.74) is 0.124. The molecule has 0 unspecified atom stereocenters. The van der Waals surface area contributed by atoms with E-state index in [-0.39, 0.29) is 12.3 Å². The second-order valence-corrected chi connectivity index (χ2v) is 4.53. The van der Waals surface area contributed by atoms with Crippen LogP contribution < -0.4 is 0 Å². The zero-order chi connectivity index (χ0) is 16.3. The molecule has 0 spiro atoms. The fraction of sp³-hybridized carbons (Fsp3) is 0.333. The molecule has 7 heteroatoms. The van der Waals surface area contributed by atoms with E-state index >= 15 is 0 Å². The number of aromatic nitrogens is 2. The largest absolute Gasteiger partial charge is 0.461 e. The summed E-state index contributed by atoms with van der Waals surface area (Å²) in [5, 5.41) is 4.08. The van der Waals surface area contributed by atoms with Crippen LogP contribution >= 0.6 is 0 Å². The Morgan fingerprint density at radius 1 is 1.27 bits per heavy atom. The molecule has 0 radical (unpaired) electrons. The highest BCUT2D eigenvalue weighted by molar-refractivity contribution is 5.88. The molecule has 0 aliphatic heterocycles. The zero-order valence-corrected chi connectivity index (χ0v) is 12.1. The Hall–Kier alpha value is -2.31. The maximum atomic E-state index is 12.8. The second-order valence-electron chi connectivity index (χ2n) is 4.53. The highest BCUT2D eigenvalue weighted by atomic mass is 19.4. The summed E-state index contributed by atoms with van der Waals surface area (Å²) in [6.07, 6.45) is -4.42. The molecule has 0 N–H and O–H groups in total. The summed E-state index contributed by atoms with van der Waals surface area (Å²) >= 11 is 0. The normalized spacial score (nSPS) is 11.5. The van der Waals surface area contributed by atoms with Gasteiger partial charge in [-0.1, -0.05) is 12.1 Å². The van der Waals surface area contributed by atoms with Gasteiger partial charge in [0.1, 0.15) is 0 Å². The number of carbonyl (C=O) groups is 1. The van der Waals surface area contributed by atoms with Gasteiger partial charge in [-0.15, -0.1) is 0 Å². The van der Waals surface area contributed by atoms with E-state index in [2.05, 4.69) is 5.10 Å². The van der Waals surface area contributed by atoms with Crippen LogP contribution in [0.3, 0.4) is 0 Å². The third-order valence-corrected chi connectivity index (χ3v) is 3.05. The number of aryl methyl sites for hydroxylation is 1. The van der Waals surface area contributed by atoms with Crippen LogP contribution in [0.25, 0.3) is 11.3 Å². The van der Waals surface area contributed by atoms with E-state index < -0.39 is 17.7 Å². The van der Waals surface area contributed by atoms with Crippen LogP contribution in [-0.4, -0.2) is 22.4 Å². The first-order valence-corrected chi connectivity index (χ1v) is 6.79. The van der Waals surface area contributed by atoms with Crippen molar-refractivity contribution in [3.63, 3.8) is 0 Å². The highest BCUT2D eigenvalue weighted by Crippen LogP contribution is 2.32. The summed E-state index contributed by atoms with van der Waals surface area (Å²) in [5.74, 6) is -0.595. The minimum atomic E-state index is -4.42. The number of ether oxygens (including phenoxy) is 1. The number of halogens is 3. The molecule has 2 rings (SSSR count). The monoisotopic (exact) mass is 312 g/mol. The van der Waals surface area contributed by atoms with Crippen molar-refractivity contribution in [2.24, 2.45) is 0 Å². The average Bonchev–Trinajstić information content (AvgIpc) is 2.91. The minimum absolute atomic E-state index is 0.0797. The predicted octanol–water partition coefficient (Wildman–Crippen LogP) is 3.77. The van der Waals surface area contributed by atoms with Gasteiger partial charge in [0.25, 0.3) is 0 Å². The molecule has 0 aliphatic carbocycles. The van der Waals surface area contributed by atoms with Gasteiger partial charge in [0.15, 0.2) is 5.69 Å².